The number of hydrogen-bond donors (Lipinski definition) is 0. The Morgan fingerprint density at radius 1 is 1.32 bits per heavy atom. The molecule has 2 rings (SSSR count). The minimum absolute atomic E-state index is 0.0775. The van der Waals surface area contributed by atoms with Crippen molar-refractivity contribution in [3.05, 3.63) is 41.5 Å². The number of methoxy groups -OCH3 is 1. The molecule has 0 bridgehead atoms. The van der Waals surface area contributed by atoms with Crippen molar-refractivity contribution in [1.29, 1.82) is 5.26 Å². The van der Waals surface area contributed by atoms with Crippen LogP contribution >= 0.6 is 11.8 Å². The lowest BCUT2D eigenvalue weighted by Crippen LogP contribution is -2.23. The Bertz CT molecular complexity index is 828. The highest BCUT2D eigenvalue weighted by Gasteiger charge is 2.31. The highest BCUT2D eigenvalue weighted by atomic mass is 32.2. The van der Waals surface area contributed by atoms with Gasteiger partial charge in [0.2, 0.25) is 0 Å². The lowest BCUT2D eigenvalue weighted by molar-refractivity contribution is -0.146. The second-order valence-electron chi connectivity index (χ2n) is 5.74. The Morgan fingerprint density at radius 2 is 2.07 bits per heavy atom. The molecule has 0 saturated heterocycles. The summed E-state index contributed by atoms with van der Waals surface area (Å²) in [6.45, 7) is 5.79. The molecule has 0 radical (unpaired) electrons. The largest absolute Gasteiger partial charge is 0.497 e. The van der Waals surface area contributed by atoms with Gasteiger partial charge < -0.3 is 19.1 Å². The van der Waals surface area contributed by atoms with Gasteiger partial charge in [0.1, 0.15) is 30.1 Å². The number of hydrogen-bond acceptors (Lipinski definition) is 8. The minimum Gasteiger partial charge on any atom is -0.497 e. The van der Waals surface area contributed by atoms with E-state index in [2.05, 4.69) is 13.5 Å². The molecular formula is C20H22N2O5S. The van der Waals surface area contributed by atoms with Gasteiger partial charge in [0.15, 0.2) is 5.57 Å². The molecule has 1 aromatic carbocycles. The molecule has 28 heavy (non-hydrogen) atoms. The van der Waals surface area contributed by atoms with Gasteiger partial charge in [-0.05, 0) is 24.6 Å². The number of carbonyl (C=O) groups excluding carboxylic acids is 2. The summed E-state index contributed by atoms with van der Waals surface area (Å²) >= 11 is 1.34. The Balaban J connectivity index is 2.22. The summed E-state index contributed by atoms with van der Waals surface area (Å²) in [5.41, 5.74) is 0.848. The van der Waals surface area contributed by atoms with Gasteiger partial charge in [-0.15, -0.1) is 0 Å². The summed E-state index contributed by atoms with van der Waals surface area (Å²) < 4.78 is 15.1. The zero-order valence-electron chi connectivity index (χ0n) is 15.9. The third-order valence-electron chi connectivity index (χ3n) is 3.90. The first kappa shape index (κ1) is 21.4. The van der Waals surface area contributed by atoms with Crippen LogP contribution in [-0.2, 0) is 19.1 Å². The van der Waals surface area contributed by atoms with Crippen LogP contribution in [0.2, 0.25) is 0 Å². The molecule has 0 aliphatic carbocycles. The van der Waals surface area contributed by atoms with Crippen molar-refractivity contribution in [2.24, 2.45) is 0 Å². The molecule has 7 nitrogen and oxygen atoms in total. The Labute approximate surface area is 168 Å². The minimum atomic E-state index is -0.749. The molecular weight excluding hydrogens is 380 g/mol. The van der Waals surface area contributed by atoms with E-state index in [-0.39, 0.29) is 18.8 Å². The Morgan fingerprint density at radius 3 is 2.71 bits per heavy atom. The molecule has 0 amide bonds. The predicted octanol–water partition coefficient (Wildman–Crippen LogP) is 3.41. The van der Waals surface area contributed by atoms with Crippen LogP contribution in [0.1, 0.15) is 19.8 Å². The number of fused-ring (bicyclic) bond motifs is 1. The molecule has 0 spiro atoms. The number of benzene rings is 1. The highest BCUT2D eigenvalue weighted by molar-refractivity contribution is 8.03. The number of carbonyl (C=O) groups is 2. The summed E-state index contributed by atoms with van der Waals surface area (Å²) in [6.07, 6.45) is 2.90. The molecule has 0 aromatic heterocycles. The summed E-state index contributed by atoms with van der Waals surface area (Å²) in [7, 11) is 1.59. The normalized spacial score (nSPS) is 14.0. The van der Waals surface area contributed by atoms with Crippen LogP contribution in [0.4, 0.5) is 5.69 Å². The van der Waals surface area contributed by atoms with E-state index < -0.39 is 11.9 Å². The topological polar surface area (TPSA) is 88.9 Å². The second-order valence-corrected chi connectivity index (χ2v) is 6.77. The number of unbranched alkanes of at least 4 members (excludes halogenated alkanes) is 1. The van der Waals surface area contributed by atoms with Crippen LogP contribution in [0.25, 0.3) is 0 Å². The fraction of sp³-hybridized carbons (Fsp3) is 0.350. The summed E-state index contributed by atoms with van der Waals surface area (Å²) in [5.74, 6) is -0.648. The SMILES string of the molecule is C=CC(=O)OCCOC(=O)/C(C#N)=C1\Sc2cc(OC)ccc2N1CCCC. The molecule has 0 unspecified atom stereocenters. The monoisotopic (exact) mass is 402 g/mol. The average molecular weight is 402 g/mol. The molecule has 1 aliphatic rings. The summed E-state index contributed by atoms with van der Waals surface area (Å²) in [6, 6.07) is 7.60. The first-order valence-electron chi connectivity index (χ1n) is 8.79. The number of nitriles is 1. The molecule has 1 aliphatic heterocycles. The average Bonchev–Trinajstić information content (AvgIpc) is 3.06. The number of esters is 2. The summed E-state index contributed by atoms with van der Waals surface area (Å²) in [5, 5.41) is 10.1. The third-order valence-corrected chi connectivity index (χ3v) is 5.07. The first-order chi connectivity index (χ1) is 13.5. The maximum atomic E-state index is 12.4. The van der Waals surface area contributed by atoms with E-state index in [1.165, 1.54) is 11.8 Å². The van der Waals surface area contributed by atoms with Crippen molar-refractivity contribution >= 4 is 29.4 Å². The van der Waals surface area contributed by atoms with Crippen molar-refractivity contribution in [3.63, 3.8) is 0 Å². The molecule has 1 aromatic rings. The molecule has 0 N–H and O–H groups in total. The zero-order valence-corrected chi connectivity index (χ0v) is 16.7. The van der Waals surface area contributed by atoms with Gasteiger partial charge in [0.25, 0.3) is 0 Å². The van der Waals surface area contributed by atoms with E-state index in [4.69, 9.17) is 14.2 Å². The van der Waals surface area contributed by atoms with Crippen LogP contribution in [0.15, 0.2) is 46.4 Å². The number of nitrogens with zero attached hydrogens (tertiary/aromatic N) is 2. The maximum absolute atomic E-state index is 12.4. The maximum Gasteiger partial charge on any atom is 0.351 e. The molecule has 0 atom stereocenters. The number of anilines is 1. The fourth-order valence-corrected chi connectivity index (χ4v) is 3.70. The molecule has 8 heteroatoms. The van der Waals surface area contributed by atoms with Crippen LogP contribution in [0, 0.1) is 11.3 Å². The van der Waals surface area contributed by atoms with Crippen molar-refractivity contribution in [2.45, 2.75) is 24.7 Å². The van der Waals surface area contributed by atoms with E-state index in [1.54, 1.807) is 7.11 Å². The van der Waals surface area contributed by atoms with Crippen LogP contribution in [0.3, 0.4) is 0 Å². The van der Waals surface area contributed by atoms with Gasteiger partial charge in [-0.1, -0.05) is 31.7 Å². The molecule has 0 saturated carbocycles. The van der Waals surface area contributed by atoms with Crippen LogP contribution in [0.5, 0.6) is 5.75 Å². The standard InChI is InChI=1S/C20H22N2O5S/c1-4-6-9-22-16-8-7-14(25-3)12-17(16)28-19(22)15(13-21)20(24)27-11-10-26-18(23)5-2/h5,7-8,12H,2,4,6,9-11H2,1,3H3/b19-15-. The van der Waals surface area contributed by atoms with Gasteiger partial charge in [-0.25, -0.2) is 9.59 Å². The Kier molecular flexibility index (Phi) is 7.96. The van der Waals surface area contributed by atoms with Crippen molar-refractivity contribution in [3.8, 4) is 11.8 Å². The molecule has 1 heterocycles. The van der Waals surface area contributed by atoms with Crippen LogP contribution in [-0.4, -0.2) is 38.8 Å². The zero-order chi connectivity index (χ0) is 20.5. The van der Waals surface area contributed by atoms with E-state index >= 15 is 0 Å². The fourth-order valence-electron chi connectivity index (χ4n) is 2.51. The van der Waals surface area contributed by atoms with E-state index in [1.807, 2.05) is 29.2 Å². The number of ether oxygens (including phenoxy) is 3. The van der Waals surface area contributed by atoms with Gasteiger partial charge >= 0.3 is 11.9 Å². The third kappa shape index (κ3) is 5.08. The van der Waals surface area contributed by atoms with Crippen molar-refractivity contribution < 1.29 is 23.8 Å². The van der Waals surface area contributed by atoms with E-state index in [9.17, 15) is 14.9 Å². The lowest BCUT2D eigenvalue weighted by Gasteiger charge is -2.21. The number of thioether (sulfide) groups is 1. The Hall–Kier alpha value is -2.92. The summed E-state index contributed by atoms with van der Waals surface area (Å²) in [4.78, 5) is 26.3. The van der Waals surface area contributed by atoms with Gasteiger partial charge in [0.05, 0.1) is 12.8 Å². The molecule has 148 valence electrons. The van der Waals surface area contributed by atoms with Gasteiger partial charge in [-0.2, -0.15) is 5.26 Å². The smallest absolute Gasteiger partial charge is 0.351 e. The second kappa shape index (κ2) is 10.4. The highest BCUT2D eigenvalue weighted by Crippen LogP contribution is 2.48. The predicted molar refractivity (Wildman–Crippen MR) is 106 cm³/mol. The first-order valence-corrected chi connectivity index (χ1v) is 9.61. The van der Waals surface area contributed by atoms with Crippen molar-refractivity contribution in [1.82, 2.24) is 0 Å². The molecule has 0 fully saturated rings. The van der Waals surface area contributed by atoms with E-state index in [0.29, 0.717) is 17.3 Å². The number of rotatable bonds is 9. The lowest BCUT2D eigenvalue weighted by atomic mass is 10.2. The van der Waals surface area contributed by atoms with Gasteiger partial charge in [-0.3, -0.25) is 0 Å². The van der Waals surface area contributed by atoms with Gasteiger partial charge in [0, 0.05) is 17.5 Å². The van der Waals surface area contributed by atoms with E-state index in [0.717, 1.165) is 29.5 Å². The van der Waals surface area contributed by atoms with Crippen LogP contribution < -0.4 is 9.64 Å². The quantitative estimate of drug-likeness (QED) is 0.269. The van der Waals surface area contributed by atoms with Crippen molar-refractivity contribution in [2.75, 3.05) is 31.8 Å².